The Morgan fingerprint density at radius 2 is 0.775 bits per heavy atom. The number of ketones is 3. The third kappa shape index (κ3) is 36.2. The molecule has 0 aliphatic rings. The molecule has 0 aliphatic heterocycles. The molecule has 129 heavy (non-hydrogen) atoms. The number of aromatic nitrogens is 6. The number of amides is 3. The third-order valence-corrected chi connectivity index (χ3v) is 26.5. The van der Waals surface area contributed by atoms with E-state index in [1.807, 2.05) is 50.2 Å². The van der Waals surface area contributed by atoms with Gasteiger partial charge in [-0.3, -0.25) is 48.3 Å². The topological polar surface area (TPSA) is 354 Å². The predicted molar refractivity (Wildman–Crippen MR) is 522 cm³/mol. The first kappa shape index (κ1) is 106. The number of nitro groups is 1. The lowest BCUT2D eigenvalue weighted by molar-refractivity contribution is -0.383. The van der Waals surface area contributed by atoms with Gasteiger partial charge in [0.2, 0.25) is 20.0 Å². The number of sulfonamides is 2. The van der Waals surface area contributed by atoms with Crippen LogP contribution in [0.2, 0.25) is 15.1 Å². The number of hydrogen-bond acceptors (Lipinski definition) is 17. The number of esters is 1. The zero-order valence-corrected chi connectivity index (χ0v) is 80.5. The standard InChI is InChI=1S/2C34H49ClN4O4S.C30H37ClN4O6/c1-4-5-6-7-8-9-10-11-12-13-14-15-16-17-22-44(42,43)38-29-20-21-30(35)31(24-29)37-34(41)33(27(3)40)39-32-23-26(2)18-19-28(32)25-36-39;1-4-5-6-7-8-9-10-11-12-13-14-15-16-17-23-44(42,43)38-29-21-22-30(35)31(24-29)37-34(41)33(27(3)40)39-32-26(2)19-18-20-28(32)25-36-39;1-3-4-5-6-7-8-9-10-11-12-18-41-30(38)22-16-17-24(31)25(19-22)33-29(37)28(21(2)36)34-26-14-13-15-27(35(39)40)23(26)20-32-34/h18-21,23-25,33,38H,4-17,22H2,1-3H3,(H,37,41);18-22,24-25,33,38H,4-17,23H2,1-3H3,(H,37,41);13-17,19-20,28H,3-12,18H2,1-2H3,(H,33,37). The lowest BCUT2D eigenvalue weighted by atomic mass is 10.0. The second-order valence-corrected chi connectivity index (χ2v) is 38.7. The van der Waals surface area contributed by atoms with E-state index in [-0.39, 0.29) is 77.2 Å². The zero-order valence-electron chi connectivity index (χ0n) is 76.6. The number of anilines is 5. The van der Waals surface area contributed by atoms with Crippen molar-refractivity contribution in [2.24, 2.45) is 0 Å². The second kappa shape index (κ2) is 56.9. The molecule has 704 valence electrons. The summed E-state index contributed by atoms with van der Waals surface area (Å²) in [6.07, 6.45) is 49.8. The molecule has 0 saturated carbocycles. The largest absolute Gasteiger partial charge is 0.462 e. The summed E-state index contributed by atoms with van der Waals surface area (Å²) >= 11 is 19.0. The molecule has 3 unspecified atom stereocenters. The SMILES string of the molecule is CCCCCCCCCCCCCCCCS(=O)(=O)Nc1ccc(Cl)c(NC(=O)C(C(C)=O)n2ncc3ccc(C)cc32)c1.CCCCCCCCCCCCCCCCS(=O)(=O)Nc1ccc(Cl)c(NC(=O)C(C(C)=O)n2ncc3cccc(C)c32)c1.CCCCCCCCCCCCOC(=O)c1ccc(Cl)c(NC(=O)C(C(C)=O)n2ncc3c([N+](=O)[O-])cccc32)c1. The van der Waals surface area contributed by atoms with Gasteiger partial charge in [0.15, 0.2) is 35.5 Å². The van der Waals surface area contributed by atoms with Crippen LogP contribution >= 0.6 is 34.8 Å². The quantitative estimate of drug-likeness (QED) is 0.00777. The van der Waals surface area contributed by atoms with Gasteiger partial charge in [0, 0.05) is 16.8 Å². The van der Waals surface area contributed by atoms with Crippen LogP contribution in [0.3, 0.4) is 0 Å². The van der Waals surface area contributed by atoms with Crippen molar-refractivity contribution in [3.05, 3.63) is 170 Å². The van der Waals surface area contributed by atoms with Crippen molar-refractivity contribution >= 4 is 163 Å². The van der Waals surface area contributed by atoms with Gasteiger partial charge in [-0.1, -0.05) is 317 Å². The molecule has 31 heteroatoms. The van der Waals surface area contributed by atoms with Crippen LogP contribution in [0.25, 0.3) is 32.7 Å². The number of fused-ring (bicyclic) bond motifs is 3. The van der Waals surface area contributed by atoms with Gasteiger partial charge >= 0.3 is 5.97 Å². The number of carbonyl (C=O) groups excluding carboxylic acids is 7. The number of nitrogens with one attached hydrogen (secondary N) is 5. The number of para-hydroxylation sites is 1. The molecule has 0 spiro atoms. The van der Waals surface area contributed by atoms with Crippen LogP contribution < -0.4 is 25.4 Å². The minimum absolute atomic E-state index is 0.0213. The van der Waals surface area contributed by atoms with Crippen LogP contribution in [0.4, 0.5) is 34.1 Å². The monoisotopic (exact) mass is 1870 g/mol. The molecular weight excluding hydrogens is 1740 g/mol. The first-order valence-electron chi connectivity index (χ1n) is 46.5. The molecule has 0 aliphatic carbocycles. The summed E-state index contributed by atoms with van der Waals surface area (Å²) < 4.78 is 65.6. The maximum Gasteiger partial charge on any atom is 0.338 e. The number of hydrogen-bond donors (Lipinski definition) is 5. The molecule has 9 aromatic rings. The summed E-state index contributed by atoms with van der Waals surface area (Å²) in [4.78, 5) is 101. The molecule has 3 atom stereocenters. The highest BCUT2D eigenvalue weighted by molar-refractivity contribution is 7.93. The summed E-state index contributed by atoms with van der Waals surface area (Å²) in [5.74, 6) is -3.81. The van der Waals surface area contributed by atoms with Crippen molar-refractivity contribution in [1.82, 2.24) is 29.3 Å². The molecule has 9 rings (SSSR count). The number of benzene rings is 6. The van der Waals surface area contributed by atoms with Crippen LogP contribution in [-0.4, -0.2) is 110 Å². The number of carbonyl (C=O) groups is 7. The number of unbranched alkanes of at least 4 members (excludes halogenated alkanes) is 35. The Morgan fingerprint density at radius 1 is 0.411 bits per heavy atom. The van der Waals surface area contributed by atoms with Crippen LogP contribution in [0.5, 0.6) is 0 Å². The molecule has 26 nitrogen and oxygen atoms in total. The second-order valence-electron chi connectivity index (χ2n) is 33.8. The number of aryl methyl sites for hydroxylation is 2. The van der Waals surface area contributed by atoms with Crippen molar-refractivity contribution in [3.63, 3.8) is 0 Å². The average Bonchev–Trinajstić information content (AvgIpc) is 1.66. The first-order chi connectivity index (χ1) is 62.0. The summed E-state index contributed by atoms with van der Waals surface area (Å²) in [6.45, 7) is 14.7. The lowest BCUT2D eigenvalue weighted by Gasteiger charge is -2.18. The van der Waals surface area contributed by atoms with Crippen LogP contribution in [-0.2, 0) is 53.6 Å². The van der Waals surface area contributed by atoms with Gasteiger partial charge < -0.3 is 20.7 Å². The third-order valence-electron chi connectivity index (χ3n) is 22.7. The maximum atomic E-state index is 13.3. The van der Waals surface area contributed by atoms with E-state index < -0.39 is 84.1 Å². The van der Waals surface area contributed by atoms with E-state index in [0.717, 1.165) is 84.4 Å². The lowest BCUT2D eigenvalue weighted by Crippen LogP contribution is -2.32. The summed E-state index contributed by atoms with van der Waals surface area (Å²) in [6, 6.07) is 25.2. The van der Waals surface area contributed by atoms with E-state index in [1.54, 1.807) is 24.5 Å². The van der Waals surface area contributed by atoms with Gasteiger partial charge in [-0.2, -0.15) is 15.3 Å². The Balaban J connectivity index is 0.000000265. The molecule has 3 amide bonds. The molecular formula is C98H135Cl3N12O14S2. The van der Waals surface area contributed by atoms with E-state index in [4.69, 9.17) is 39.5 Å². The first-order valence-corrected chi connectivity index (χ1v) is 50.9. The van der Waals surface area contributed by atoms with Crippen molar-refractivity contribution < 1.29 is 60.1 Å². The molecule has 0 fully saturated rings. The molecule has 0 bridgehead atoms. The highest BCUT2D eigenvalue weighted by atomic mass is 35.5. The zero-order chi connectivity index (χ0) is 93.7. The van der Waals surface area contributed by atoms with E-state index in [9.17, 15) is 60.5 Å². The van der Waals surface area contributed by atoms with Gasteiger partial charge in [0.25, 0.3) is 23.4 Å². The predicted octanol–water partition coefficient (Wildman–Crippen LogP) is 25.4. The van der Waals surface area contributed by atoms with Crippen molar-refractivity contribution in [2.45, 2.75) is 318 Å². The molecule has 0 saturated heterocycles. The highest BCUT2D eigenvalue weighted by Gasteiger charge is 2.33. The number of rotatable bonds is 59. The Bertz CT molecular complexity index is 5350. The van der Waals surface area contributed by atoms with Crippen molar-refractivity contribution in [1.29, 1.82) is 0 Å². The van der Waals surface area contributed by atoms with Gasteiger partial charge in [-0.15, -0.1) is 0 Å². The van der Waals surface area contributed by atoms with E-state index in [0.29, 0.717) is 30.5 Å². The number of ether oxygens (including phenoxy) is 1. The average molecular weight is 1880 g/mol. The van der Waals surface area contributed by atoms with E-state index >= 15 is 0 Å². The van der Waals surface area contributed by atoms with Crippen molar-refractivity contribution in [3.8, 4) is 0 Å². The van der Waals surface area contributed by atoms with Gasteiger partial charge in [-0.25, -0.2) is 35.7 Å². The van der Waals surface area contributed by atoms with E-state index in [2.05, 4.69) is 61.5 Å². The summed E-state index contributed by atoms with van der Waals surface area (Å²) in [7, 11) is -7.15. The van der Waals surface area contributed by atoms with Gasteiger partial charge in [-0.05, 0) is 132 Å². The fourth-order valence-electron chi connectivity index (χ4n) is 15.6. The number of halogens is 3. The smallest absolute Gasteiger partial charge is 0.338 e. The fourth-order valence-corrected chi connectivity index (χ4v) is 18.5. The number of nitrogens with zero attached hydrogens (tertiary/aromatic N) is 7. The highest BCUT2D eigenvalue weighted by Crippen LogP contribution is 2.34. The number of non-ortho nitro benzene ring substituents is 1. The Hall–Kier alpha value is -9.61. The van der Waals surface area contributed by atoms with E-state index in [1.165, 1.54) is 270 Å². The number of Topliss-reactive ketones (excluding diaryl/α,β-unsaturated/α-hetero) is 3. The minimum atomic E-state index is -3.58. The minimum Gasteiger partial charge on any atom is -0.462 e. The van der Waals surface area contributed by atoms with Crippen LogP contribution in [0, 0.1) is 24.0 Å². The van der Waals surface area contributed by atoms with Crippen LogP contribution in [0.1, 0.15) is 325 Å². The van der Waals surface area contributed by atoms with Crippen LogP contribution in [0.15, 0.2) is 128 Å². The van der Waals surface area contributed by atoms with Crippen molar-refractivity contribution in [2.75, 3.05) is 43.5 Å². The summed E-state index contributed by atoms with van der Waals surface area (Å²) in [5, 5.41) is 34.5. The Morgan fingerprint density at radius 3 is 1.20 bits per heavy atom. The molecule has 6 aromatic carbocycles. The normalized spacial score (nSPS) is 12.2. The molecule has 5 N–H and O–H groups in total. The summed E-state index contributed by atoms with van der Waals surface area (Å²) in [5.41, 5.74) is 4.58. The maximum absolute atomic E-state index is 13.3. The van der Waals surface area contributed by atoms with Gasteiger partial charge in [0.05, 0.1) is 113 Å². The molecule has 0 radical (unpaired) electrons. The van der Waals surface area contributed by atoms with Gasteiger partial charge in [0.1, 0.15) is 0 Å². The fraction of sp³-hybridized carbons (Fsp3) is 0.531. The number of nitro benzene ring substituents is 1. The Labute approximate surface area is 777 Å². The molecule has 3 heterocycles. The Kier molecular flexibility index (Phi) is 46.9. The molecule has 3 aromatic heterocycles.